The molecule has 0 unspecified atom stereocenters. The highest BCUT2D eigenvalue weighted by molar-refractivity contribution is 9.10. The van der Waals surface area contributed by atoms with Crippen LogP contribution < -0.4 is 5.32 Å². The van der Waals surface area contributed by atoms with Crippen molar-refractivity contribution in [3.8, 4) is 0 Å². The first-order chi connectivity index (χ1) is 9.11. The van der Waals surface area contributed by atoms with Gasteiger partial charge in [-0.2, -0.15) is 0 Å². The number of carbonyl (C=O) groups excluding carboxylic acids is 2. The monoisotopic (exact) mass is 325 g/mol. The van der Waals surface area contributed by atoms with Gasteiger partial charge in [0.2, 0.25) is 5.91 Å². The minimum absolute atomic E-state index is 0.185. The Morgan fingerprint density at radius 3 is 2.89 bits per heavy atom. The highest BCUT2D eigenvalue weighted by Gasteiger charge is 2.02. The zero-order valence-corrected chi connectivity index (χ0v) is 12.3. The molecule has 1 rings (SSSR count). The molecule has 0 spiro atoms. The summed E-state index contributed by atoms with van der Waals surface area (Å²) >= 11 is 3.36. The van der Waals surface area contributed by atoms with Crippen LogP contribution in [0.25, 0.3) is 6.08 Å². The predicted molar refractivity (Wildman–Crippen MR) is 77.4 cm³/mol. The lowest BCUT2D eigenvalue weighted by Crippen LogP contribution is -2.24. The van der Waals surface area contributed by atoms with Crippen LogP contribution in [-0.2, 0) is 14.3 Å². The maximum atomic E-state index is 11.5. The minimum Gasteiger partial charge on any atom is -0.466 e. The summed E-state index contributed by atoms with van der Waals surface area (Å²) in [5, 5.41) is 2.62. The third-order valence-electron chi connectivity index (χ3n) is 2.21. The Kier molecular flexibility index (Phi) is 6.89. The van der Waals surface area contributed by atoms with Crippen LogP contribution in [0, 0.1) is 0 Å². The van der Waals surface area contributed by atoms with E-state index in [0.29, 0.717) is 6.61 Å². The van der Waals surface area contributed by atoms with Crippen molar-refractivity contribution in [1.29, 1.82) is 0 Å². The molecule has 0 heterocycles. The lowest BCUT2D eigenvalue weighted by atomic mass is 10.2. The fourth-order valence-electron chi connectivity index (χ4n) is 1.36. The van der Waals surface area contributed by atoms with Crippen LogP contribution in [0.15, 0.2) is 34.8 Å². The van der Waals surface area contributed by atoms with Crippen molar-refractivity contribution in [2.45, 2.75) is 13.3 Å². The van der Waals surface area contributed by atoms with Gasteiger partial charge in [-0.05, 0) is 30.7 Å². The summed E-state index contributed by atoms with van der Waals surface area (Å²) in [4.78, 5) is 22.5. The predicted octanol–water partition coefficient (Wildman–Crippen LogP) is 2.53. The number of nitrogens with one attached hydrogen (secondary N) is 1. The summed E-state index contributed by atoms with van der Waals surface area (Å²) < 4.78 is 5.71. The normalized spacial score (nSPS) is 10.4. The Labute approximate surface area is 121 Å². The molecule has 4 nitrogen and oxygen atoms in total. The third kappa shape index (κ3) is 6.76. The van der Waals surface area contributed by atoms with E-state index in [-0.39, 0.29) is 24.8 Å². The van der Waals surface area contributed by atoms with Gasteiger partial charge in [0.25, 0.3) is 0 Å². The van der Waals surface area contributed by atoms with Crippen LogP contribution in [0.4, 0.5) is 0 Å². The molecule has 0 saturated carbocycles. The van der Waals surface area contributed by atoms with Crippen LogP contribution in [-0.4, -0.2) is 25.0 Å². The second-order valence-electron chi connectivity index (χ2n) is 3.73. The molecule has 0 saturated heterocycles. The first-order valence-electron chi connectivity index (χ1n) is 5.99. The van der Waals surface area contributed by atoms with E-state index in [4.69, 9.17) is 4.74 Å². The van der Waals surface area contributed by atoms with E-state index in [9.17, 15) is 9.59 Å². The van der Waals surface area contributed by atoms with Crippen molar-refractivity contribution in [1.82, 2.24) is 5.32 Å². The Balaban J connectivity index is 2.33. The molecule has 1 aromatic carbocycles. The van der Waals surface area contributed by atoms with Gasteiger partial charge < -0.3 is 10.1 Å². The van der Waals surface area contributed by atoms with E-state index in [1.165, 1.54) is 6.08 Å². The maximum Gasteiger partial charge on any atom is 0.307 e. The quantitative estimate of drug-likeness (QED) is 0.646. The maximum absolute atomic E-state index is 11.5. The van der Waals surface area contributed by atoms with Crippen molar-refractivity contribution in [2.24, 2.45) is 0 Å². The standard InChI is InChI=1S/C14H16BrNO3/c1-2-19-14(18)8-9-16-13(17)7-6-11-4-3-5-12(15)10-11/h3-7,10H,2,8-9H2,1H3,(H,16,17). The van der Waals surface area contributed by atoms with Gasteiger partial charge in [0, 0.05) is 17.1 Å². The fourth-order valence-corrected chi connectivity index (χ4v) is 1.78. The lowest BCUT2D eigenvalue weighted by Gasteiger charge is -2.02. The number of esters is 1. The van der Waals surface area contributed by atoms with Gasteiger partial charge in [0.1, 0.15) is 0 Å². The third-order valence-corrected chi connectivity index (χ3v) is 2.70. The molecular formula is C14H16BrNO3. The SMILES string of the molecule is CCOC(=O)CCNC(=O)C=Cc1cccc(Br)c1. The van der Waals surface area contributed by atoms with E-state index in [2.05, 4.69) is 21.2 Å². The van der Waals surface area contributed by atoms with Crippen molar-refractivity contribution in [3.05, 3.63) is 40.4 Å². The molecule has 1 amide bonds. The van der Waals surface area contributed by atoms with Crippen molar-refractivity contribution < 1.29 is 14.3 Å². The van der Waals surface area contributed by atoms with Crippen molar-refractivity contribution in [3.63, 3.8) is 0 Å². The molecule has 0 aliphatic rings. The average molecular weight is 326 g/mol. The Morgan fingerprint density at radius 1 is 1.42 bits per heavy atom. The van der Waals surface area contributed by atoms with Gasteiger partial charge in [0.15, 0.2) is 0 Å². The molecule has 0 radical (unpaired) electrons. The number of rotatable bonds is 6. The number of hydrogen-bond acceptors (Lipinski definition) is 3. The number of benzene rings is 1. The van der Waals surface area contributed by atoms with Gasteiger partial charge >= 0.3 is 5.97 Å². The summed E-state index contributed by atoms with van der Waals surface area (Å²) in [6.45, 7) is 2.38. The van der Waals surface area contributed by atoms with E-state index < -0.39 is 0 Å². The number of halogens is 1. The molecule has 0 aliphatic heterocycles. The molecule has 1 N–H and O–H groups in total. The molecule has 0 fully saturated rings. The molecular weight excluding hydrogens is 310 g/mol. The van der Waals surface area contributed by atoms with E-state index in [1.807, 2.05) is 24.3 Å². The van der Waals surface area contributed by atoms with Crippen molar-refractivity contribution in [2.75, 3.05) is 13.2 Å². The Morgan fingerprint density at radius 2 is 2.21 bits per heavy atom. The first kappa shape index (κ1) is 15.4. The van der Waals surface area contributed by atoms with Crippen LogP contribution in [0.5, 0.6) is 0 Å². The summed E-state index contributed by atoms with van der Waals surface area (Å²) in [7, 11) is 0. The number of hydrogen-bond donors (Lipinski definition) is 1. The highest BCUT2D eigenvalue weighted by atomic mass is 79.9. The zero-order chi connectivity index (χ0) is 14.1. The molecule has 5 heteroatoms. The minimum atomic E-state index is -0.307. The van der Waals surface area contributed by atoms with Gasteiger partial charge in [-0.25, -0.2) is 0 Å². The van der Waals surface area contributed by atoms with Crippen molar-refractivity contribution >= 4 is 33.9 Å². The van der Waals surface area contributed by atoms with Gasteiger partial charge in [-0.1, -0.05) is 28.1 Å². The Hall–Kier alpha value is -1.62. The molecule has 0 bridgehead atoms. The number of carbonyl (C=O) groups is 2. The number of ether oxygens (including phenoxy) is 1. The molecule has 19 heavy (non-hydrogen) atoms. The average Bonchev–Trinajstić information content (AvgIpc) is 2.37. The first-order valence-corrected chi connectivity index (χ1v) is 6.78. The topological polar surface area (TPSA) is 55.4 Å². The second kappa shape index (κ2) is 8.48. The van der Waals surface area contributed by atoms with Crippen LogP contribution in [0.2, 0.25) is 0 Å². The molecule has 102 valence electrons. The Bertz CT molecular complexity index is 472. The summed E-state index contributed by atoms with van der Waals surface area (Å²) in [6, 6.07) is 7.61. The molecule has 0 aliphatic carbocycles. The van der Waals surface area contributed by atoms with E-state index in [0.717, 1.165) is 10.0 Å². The molecule has 1 aromatic rings. The van der Waals surface area contributed by atoms with E-state index >= 15 is 0 Å². The van der Waals surface area contributed by atoms with E-state index in [1.54, 1.807) is 13.0 Å². The van der Waals surface area contributed by atoms with Crippen LogP contribution in [0.3, 0.4) is 0 Å². The lowest BCUT2D eigenvalue weighted by molar-refractivity contribution is -0.142. The van der Waals surface area contributed by atoms with Crippen LogP contribution in [0.1, 0.15) is 18.9 Å². The zero-order valence-electron chi connectivity index (χ0n) is 10.7. The number of amides is 1. The highest BCUT2D eigenvalue weighted by Crippen LogP contribution is 2.12. The summed E-state index contributed by atoms with van der Waals surface area (Å²) in [5.41, 5.74) is 0.926. The second-order valence-corrected chi connectivity index (χ2v) is 4.65. The fraction of sp³-hybridized carbons (Fsp3) is 0.286. The smallest absolute Gasteiger partial charge is 0.307 e. The molecule has 0 aromatic heterocycles. The summed E-state index contributed by atoms with van der Waals surface area (Å²) in [6.07, 6.45) is 3.34. The molecule has 0 atom stereocenters. The van der Waals surface area contributed by atoms with Gasteiger partial charge in [-0.15, -0.1) is 0 Å². The summed E-state index contributed by atoms with van der Waals surface area (Å²) in [5.74, 6) is -0.539. The van der Waals surface area contributed by atoms with Gasteiger partial charge in [0.05, 0.1) is 13.0 Å². The van der Waals surface area contributed by atoms with Gasteiger partial charge in [-0.3, -0.25) is 9.59 Å². The van der Waals surface area contributed by atoms with Crippen LogP contribution >= 0.6 is 15.9 Å². The largest absolute Gasteiger partial charge is 0.466 e.